The zero-order valence-electron chi connectivity index (χ0n) is 15.9. The van der Waals surface area contributed by atoms with Crippen molar-refractivity contribution in [3.8, 4) is 11.5 Å². The van der Waals surface area contributed by atoms with E-state index in [1.165, 1.54) is 21.1 Å². The molecule has 2 rings (SSSR count). The van der Waals surface area contributed by atoms with E-state index in [0.29, 0.717) is 22.7 Å². The zero-order chi connectivity index (χ0) is 20.5. The second-order valence-electron chi connectivity index (χ2n) is 5.78. The molecule has 0 radical (unpaired) electrons. The van der Waals surface area contributed by atoms with Crippen molar-refractivity contribution in [2.75, 3.05) is 26.1 Å². The molecule has 0 aliphatic carbocycles. The molecule has 0 aliphatic heterocycles. The highest BCUT2D eigenvalue weighted by molar-refractivity contribution is 5.97. The molecule has 0 unspecified atom stereocenters. The number of amides is 2. The molecule has 2 amide bonds. The first-order valence-electron chi connectivity index (χ1n) is 8.49. The molecule has 148 valence electrons. The molecule has 0 aromatic heterocycles. The van der Waals surface area contributed by atoms with Crippen LogP contribution in [0.15, 0.2) is 48.5 Å². The number of esters is 1. The van der Waals surface area contributed by atoms with Gasteiger partial charge in [0.05, 0.1) is 19.9 Å². The summed E-state index contributed by atoms with van der Waals surface area (Å²) in [7, 11) is 2.98. The Balaban J connectivity index is 1.85. The van der Waals surface area contributed by atoms with Gasteiger partial charge in [-0.1, -0.05) is 18.2 Å². The summed E-state index contributed by atoms with van der Waals surface area (Å²) in [6.07, 6.45) is 0. The van der Waals surface area contributed by atoms with Crippen LogP contribution in [0.25, 0.3) is 0 Å². The Kier molecular flexibility index (Phi) is 7.38. The van der Waals surface area contributed by atoms with E-state index < -0.39 is 30.4 Å². The summed E-state index contributed by atoms with van der Waals surface area (Å²) < 4.78 is 15.2. The second kappa shape index (κ2) is 9.96. The molecule has 0 bridgehead atoms. The van der Waals surface area contributed by atoms with E-state index in [9.17, 15) is 14.4 Å². The zero-order valence-corrected chi connectivity index (χ0v) is 15.9. The molecule has 8 nitrogen and oxygen atoms in total. The number of carbonyl (C=O) groups excluding carboxylic acids is 3. The molecule has 2 aromatic rings. The van der Waals surface area contributed by atoms with Gasteiger partial charge in [0.1, 0.15) is 17.5 Å². The third-order valence-electron chi connectivity index (χ3n) is 3.77. The summed E-state index contributed by atoms with van der Waals surface area (Å²) >= 11 is 0. The molecular formula is C20H22N2O6. The lowest BCUT2D eigenvalue weighted by atomic mass is 10.2. The highest BCUT2D eigenvalue weighted by Gasteiger charge is 2.19. The number of hydrogen-bond acceptors (Lipinski definition) is 6. The van der Waals surface area contributed by atoms with Crippen LogP contribution in [-0.2, 0) is 14.3 Å². The third-order valence-corrected chi connectivity index (χ3v) is 3.77. The molecule has 0 heterocycles. The minimum absolute atomic E-state index is 0.405. The van der Waals surface area contributed by atoms with E-state index in [4.69, 9.17) is 14.2 Å². The van der Waals surface area contributed by atoms with Gasteiger partial charge in [-0.15, -0.1) is 0 Å². The molecule has 0 fully saturated rings. The van der Waals surface area contributed by atoms with E-state index in [1.54, 1.807) is 48.5 Å². The van der Waals surface area contributed by atoms with Gasteiger partial charge in [-0.2, -0.15) is 0 Å². The summed E-state index contributed by atoms with van der Waals surface area (Å²) in [6.45, 7) is 0.979. The third kappa shape index (κ3) is 5.73. The van der Waals surface area contributed by atoms with Gasteiger partial charge in [0.15, 0.2) is 6.61 Å². The van der Waals surface area contributed by atoms with Gasteiger partial charge in [0, 0.05) is 11.6 Å². The van der Waals surface area contributed by atoms with Crippen LogP contribution in [0.1, 0.15) is 17.3 Å². The fourth-order valence-electron chi connectivity index (χ4n) is 2.28. The summed E-state index contributed by atoms with van der Waals surface area (Å²) in [5, 5.41) is 5.11. The van der Waals surface area contributed by atoms with Crippen molar-refractivity contribution < 1.29 is 28.6 Å². The highest BCUT2D eigenvalue weighted by Crippen LogP contribution is 2.28. The first-order valence-corrected chi connectivity index (χ1v) is 8.49. The Morgan fingerprint density at radius 1 is 1.00 bits per heavy atom. The monoisotopic (exact) mass is 386 g/mol. The Morgan fingerprint density at radius 3 is 2.36 bits per heavy atom. The summed E-state index contributed by atoms with van der Waals surface area (Å²) in [4.78, 5) is 36.1. The minimum atomic E-state index is -0.906. The molecule has 0 saturated carbocycles. The quantitative estimate of drug-likeness (QED) is 0.673. The van der Waals surface area contributed by atoms with Gasteiger partial charge in [-0.3, -0.25) is 9.59 Å². The van der Waals surface area contributed by atoms with Crippen molar-refractivity contribution in [3.63, 3.8) is 0 Å². The van der Waals surface area contributed by atoms with E-state index in [1.807, 2.05) is 0 Å². The van der Waals surface area contributed by atoms with Gasteiger partial charge >= 0.3 is 5.97 Å². The number of hydrogen-bond donors (Lipinski definition) is 2. The fraction of sp³-hybridized carbons (Fsp3) is 0.250. The minimum Gasteiger partial charge on any atom is -0.497 e. The molecule has 8 heteroatoms. The summed E-state index contributed by atoms with van der Waals surface area (Å²) in [6, 6.07) is 12.5. The Bertz CT molecular complexity index is 838. The predicted molar refractivity (Wildman–Crippen MR) is 103 cm³/mol. The highest BCUT2D eigenvalue weighted by atomic mass is 16.5. The largest absolute Gasteiger partial charge is 0.497 e. The lowest BCUT2D eigenvalue weighted by Crippen LogP contribution is -2.40. The van der Waals surface area contributed by atoms with Gasteiger partial charge in [0.25, 0.3) is 11.8 Å². The maximum atomic E-state index is 12.0. The average molecular weight is 386 g/mol. The lowest BCUT2D eigenvalue weighted by Gasteiger charge is -2.14. The summed E-state index contributed by atoms with van der Waals surface area (Å²) in [5.74, 6) is -0.691. The Hall–Kier alpha value is -3.55. The number of nitrogens with one attached hydrogen (secondary N) is 2. The van der Waals surface area contributed by atoms with Gasteiger partial charge in [-0.25, -0.2) is 4.79 Å². The predicted octanol–water partition coefficient (Wildman–Crippen LogP) is 2.00. The van der Waals surface area contributed by atoms with E-state index in [0.717, 1.165) is 0 Å². The number of carbonyl (C=O) groups is 3. The molecular weight excluding hydrogens is 364 g/mol. The maximum absolute atomic E-state index is 12.0. The van der Waals surface area contributed by atoms with Gasteiger partial charge < -0.3 is 24.8 Å². The summed E-state index contributed by atoms with van der Waals surface area (Å²) in [5.41, 5.74) is 0.835. The van der Waals surface area contributed by atoms with Gasteiger partial charge in [-0.05, 0) is 31.2 Å². The molecule has 28 heavy (non-hydrogen) atoms. The second-order valence-corrected chi connectivity index (χ2v) is 5.78. The smallest absolute Gasteiger partial charge is 0.328 e. The van der Waals surface area contributed by atoms with Crippen molar-refractivity contribution >= 4 is 23.5 Å². The SMILES string of the molecule is COc1ccc(NC(=O)COC(=O)[C@H](C)NC(=O)c2ccccc2)c(OC)c1. The molecule has 0 aliphatic rings. The first kappa shape index (κ1) is 20.8. The molecule has 2 N–H and O–H groups in total. The number of rotatable bonds is 8. The number of benzene rings is 2. The van der Waals surface area contributed by atoms with Crippen LogP contribution in [-0.4, -0.2) is 44.7 Å². The molecule has 0 spiro atoms. The van der Waals surface area contributed by atoms with Crippen LogP contribution in [0.5, 0.6) is 11.5 Å². The fourth-order valence-corrected chi connectivity index (χ4v) is 2.28. The number of ether oxygens (including phenoxy) is 3. The first-order chi connectivity index (χ1) is 13.4. The van der Waals surface area contributed by atoms with Crippen LogP contribution in [0.2, 0.25) is 0 Å². The standard InChI is InChI=1S/C20H22N2O6/c1-13(21-19(24)14-7-5-4-6-8-14)20(25)28-12-18(23)22-16-10-9-15(26-2)11-17(16)27-3/h4-11,13H,12H2,1-3H3,(H,21,24)(H,22,23)/t13-/m0/s1. The van der Waals surface area contributed by atoms with Crippen molar-refractivity contribution in [2.45, 2.75) is 13.0 Å². The van der Waals surface area contributed by atoms with Crippen LogP contribution in [0, 0.1) is 0 Å². The Morgan fingerprint density at radius 2 is 1.71 bits per heavy atom. The van der Waals surface area contributed by atoms with Crippen LogP contribution >= 0.6 is 0 Å². The van der Waals surface area contributed by atoms with Crippen LogP contribution in [0.4, 0.5) is 5.69 Å². The molecule has 1 atom stereocenters. The molecule has 2 aromatic carbocycles. The van der Waals surface area contributed by atoms with Crippen molar-refractivity contribution in [1.29, 1.82) is 0 Å². The van der Waals surface area contributed by atoms with Crippen LogP contribution in [0.3, 0.4) is 0 Å². The van der Waals surface area contributed by atoms with Gasteiger partial charge in [0.2, 0.25) is 0 Å². The lowest BCUT2D eigenvalue weighted by molar-refractivity contribution is -0.148. The van der Waals surface area contributed by atoms with Crippen molar-refractivity contribution in [3.05, 3.63) is 54.1 Å². The number of anilines is 1. The Labute approximate surface area is 162 Å². The van der Waals surface area contributed by atoms with Crippen LogP contribution < -0.4 is 20.1 Å². The van der Waals surface area contributed by atoms with E-state index >= 15 is 0 Å². The normalized spacial score (nSPS) is 11.1. The van der Waals surface area contributed by atoms with E-state index in [2.05, 4.69) is 10.6 Å². The van der Waals surface area contributed by atoms with E-state index in [-0.39, 0.29) is 0 Å². The number of methoxy groups -OCH3 is 2. The van der Waals surface area contributed by atoms with Crippen molar-refractivity contribution in [1.82, 2.24) is 5.32 Å². The topological polar surface area (TPSA) is 103 Å². The maximum Gasteiger partial charge on any atom is 0.328 e. The van der Waals surface area contributed by atoms with Crippen molar-refractivity contribution in [2.24, 2.45) is 0 Å². The molecule has 0 saturated heterocycles. The average Bonchev–Trinajstić information content (AvgIpc) is 2.72.